The van der Waals surface area contributed by atoms with Crippen LogP contribution in [0.15, 0.2) is 6.20 Å². The van der Waals surface area contributed by atoms with Crippen LogP contribution in [-0.4, -0.2) is 52.1 Å². The van der Waals surface area contributed by atoms with Gasteiger partial charge in [0.25, 0.3) is 0 Å². The number of ether oxygens (including phenoxy) is 1. The summed E-state index contributed by atoms with van der Waals surface area (Å²) in [5.41, 5.74) is 6.14. The third-order valence-corrected chi connectivity index (χ3v) is 3.22. The molecule has 0 spiro atoms. The minimum Gasteiger partial charge on any atom is -0.381 e. The van der Waals surface area contributed by atoms with Crippen LogP contribution < -0.4 is 5.73 Å². The van der Waals surface area contributed by atoms with Crippen molar-refractivity contribution in [3.8, 4) is 0 Å². The standard InChI is InChI=1S/C11H19N5O2/c1-18-10-2-4-15(5-3-10)11(17)8-16-7-9(6-12)13-14-16/h7,10H,2-6,8,12H2,1H3. The summed E-state index contributed by atoms with van der Waals surface area (Å²) in [5.74, 6) is 0.0676. The minimum atomic E-state index is 0.0676. The van der Waals surface area contributed by atoms with Crippen LogP contribution in [0.5, 0.6) is 0 Å². The first kappa shape index (κ1) is 13.0. The third kappa shape index (κ3) is 3.05. The number of rotatable bonds is 4. The number of methoxy groups -OCH3 is 1. The number of carbonyl (C=O) groups is 1. The lowest BCUT2D eigenvalue weighted by Crippen LogP contribution is -2.42. The summed E-state index contributed by atoms with van der Waals surface area (Å²) in [6, 6.07) is 0. The van der Waals surface area contributed by atoms with Crippen molar-refractivity contribution >= 4 is 5.91 Å². The summed E-state index contributed by atoms with van der Waals surface area (Å²) in [7, 11) is 1.71. The molecule has 0 aliphatic carbocycles. The first-order valence-corrected chi connectivity index (χ1v) is 6.12. The summed E-state index contributed by atoms with van der Waals surface area (Å²) in [6.07, 6.45) is 3.78. The normalized spacial score (nSPS) is 17.1. The molecule has 1 fully saturated rings. The molecule has 0 radical (unpaired) electrons. The highest BCUT2D eigenvalue weighted by Gasteiger charge is 2.22. The first-order chi connectivity index (χ1) is 8.72. The second kappa shape index (κ2) is 5.92. The summed E-state index contributed by atoms with van der Waals surface area (Å²) < 4.78 is 6.81. The van der Waals surface area contributed by atoms with Gasteiger partial charge in [0.05, 0.1) is 18.0 Å². The predicted molar refractivity (Wildman–Crippen MR) is 64.5 cm³/mol. The molecule has 0 bridgehead atoms. The number of hydrogen-bond donors (Lipinski definition) is 1. The molecule has 7 heteroatoms. The van der Waals surface area contributed by atoms with Gasteiger partial charge in [0.2, 0.25) is 5.91 Å². The van der Waals surface area contributed by atoms with E-state index in [0.29, 0.717) is 12.2 Å². The van der Waals surface area contributed by atoms with Crippen LogP contribution >= 0.6 is 0 Å². The van der Waals surface area contributed by atoms with Crippen molar-refractivity contribution in [2.24, 2.45) is 5.73 Å². The largest absolute Gasteiger partial charge is 0.381 e. The van der Waals surface area contributed by atoms with Gasteiger partial charge in [-0.05, 0) is 12.8 Å². The number of hydrogen-bond acceptors (Lipinski definition) is 5. The quantitative estimate of drug-likeness (QED) is 0.772. The molecule has 0 unspecified atom stereocenters. The van der Waals surface area contributed by atoms with Crippen LogP contribution in [0, 0.1) is 0 Å². The molecule has 7 nitrogen and oxygen atoms in total. The second-order valence-electron chi connectivity index (χ2n) is 4.43. The molecule has 100 valence electrons. The molecular weight excluding hydrogens is 234 g/mol. The van der Waals surface area contributed by atoms with Gasteiger partial charge in [-0.3, -0.25) is 4.79 Å². The average Bonchev–Trinajstić information content (AvgIpc) is 2.86. The van der Waals surface area contributed by atoms with Crippen molar-refractivity contribution in [1.29, 1.82) is 0 Å². The van der Waals surface area contributed by atoms with Gasteiger partial charge in [0.1, 0.15) is 6.54 Å². The number of aromatic nitrogens is 3. The fourth-order valence-electron chi connectivity index (χ4n) is 2.09. The van der Waals surface area contributed by atoms with Crippen LogP contribution in [0.4, 0.5) is 0 Å². The SMILES string of the molecule is COC1CCN(C(=O)Cn2cc(CN)nn2)CC1. The van der Waals surface area contributed by atoms with E-state index >= 15 is 0 Å². The van der Waals surface area contributed by atoms with E-state index in [9.17, 15) is 4.79 Å². The van der Waals surface area contributed by atoms with E-state index in [0.717, 1.165) is 25.9 Å². The highest BCUT2D eigenvalue weighted by atomic mass is 16.5. The zero-order chi connectivity index (χ0) is 13.0. The van der Waals surface area contributed by atoms with Crippen LogP contribution in [0.3, 0.4) is 0 Å². The Labute approximate surface area is 106 Å². The Morgan fingerprint density at radius 3 is 2.83 bits per heavy atom. The molecule has 2 N–H and O–H groups in total. The lowest BCUT2D eigenvalue weighted by atomic mass is 10.1. The fraction of sp³-hybridized carbons (Fsp3) is 0.727. The molecule has 18 heavy (non-hydrogen) atoms. The predicted octanol–water partition coefficient (Wildman–Crippen LogP) is -0.626. The van der Waals surface area contributed by atoms with E-state index in [1.807, 2.05) is 4.90 Å². The van der Waals surface area contributed by atoms with Gasteiger partial charge in [0, 0.05) is 26.7 Å². The van der Waals surface area contributed by atoms with E-state index in [-0.39, 0.29) is 18.6 Å². The molecule has 1 aliphatic rings. The maximum atomic E-state index is 12.0. The average molecular weight is 253 g/mol. The number of nitrogens with zero attached hydrogens (tertiary/aromatic N) is 4. The van der Waals surface area contributed by atoms with Crippen molar-refractivity contribution in [2.75, 3.05) is 20.2 Å². The highest BCUT2D eigenvalue weighted by molar-refractivity contribution is 5.75. The Kier molecular flexibility index (Phi) is 4.27. The van der Waals surface area contributed by atoms with Crippen LogP contribution in [0.25, 0.3) is 0 Å². The van der Waals surface area contributed by atoms with Crippen LogP contribution in [-0.2, 0) is 22.6 Å². The zero-order valence-electron chi connectivity index (χ0n) is 10.6. The van der Waals surface area contributed by atoms with Crippen molar-refractivity contribution in [1.82, 2.24) is 19.9 Å². The molecule has 2 heterocycles. The highest BCUT2D eigenvalue weighted by Crippen LogP contribution is 2.13. The van der Waals surface area contributed by atoms with Gasteiger partial charge in [-0.1, -0.05) is 5.21 Å². The van der Waals surface area contributed by atoms with Gasteiger partial charge in [-0.15, -0.1) is 5.10 Å². The van der Waals surface area contributed by atoms with E-state index < -0.39 is 0 Å². The third-order valence-electron chi connectivity index (χ3n) is 3.22. The van der Waals surface area contributed by atoms with Gasteiger partial charge in [0.15, 0.2) is 0 Å². The van der Waals surface area contributed by atoms with Crippen molar-refractivity contribution < 1.29 is 9.53 Å². The molecule has 0 aromatic carbocycles. The lowest BCUT2D eigenvalue weighted by molar-refractivity contribution is -0.134. The maximum absolute atomic E-state index is 12.0. The van der Waals surface area contributed by atoms with Gasteiger partial charge >= 0.3 is 0 Å². The molecule has 1 amide bonds. The Morgan fingerprint density at radius 1 is 1.56 bits per heavy atom. The maximum Gasteiger partial charge on any atom is 0.244 e. The van der Waals surface area contributed by atoms with Crippen LogP contribution in [0.1, 0.15) is 18.5 Å². The van der Waals surface area contributed by atoms with Crippen molar-refractivity contribution in [2.45, 2.75) is 32.0 Å². The molecule has 1 aromatic heterocycles. The molecule has 1 aromatic rings. The van der Waals surface area contributed by atoms with Gasteiger partial charge in [-0.2, -0.15) is 0 Å². The van der Waals surface area contributed by atoms with E-state index in [1.54, 1.807) is 13.3 Å². The van der Waals surface area contributed by atoms with Crippen molar-refractivity contribution in [3.63, 3.8) is 0 Å². The summed E-state index contributed by atoms with van der Waals surface area (Å²) in [4.78, 5) is 13.9. The Hall–Kier alpha value is -1.47. The van der Waals surface area contributed by atoms with E-state index in [2.05, 4.69) is 10.3 Å². The molecule has 2 rings (SSSR count). The second-order valence-corrected chi connectivity index (χ2v) is 4.43. The zero-order valence-corrected chi connectivity index (χ0v) is 10.6. The molecule has 0 saturated carbocycles. The van der Waals surface area contributed by atoms with Gasteiger partial charge in [-0.25, -0.2) is 4.68 Å². The van der Waals surface area contributed by atoms with Crippen LogP contribution in [0.2, 0.25) is 0 Å². The topological polar surface area (TPSA) is 86.3 Å². The summed E-state index contributed by atoms with van der Waals surface area (Å²) in [5, 5.41) is 7.72. The smallest absolute Gasteiger partial charge is 0.244 e. The van der Waals surface area contributed by atoms with Crippen molar-refractivity contribution in [3.05, 3.63) is 11.9 Å². The lowest BCUT2D eigenvalue weighted by Gasteiger charge is -2.31. The summed E-state index contributed by atoms with van der Waals surface area (Å²) >= 11 is 0. The fourth-order valence-corrected chi connectivity index (χ4v) is 2.09. The number of likely N-dealkylation sites (tertiary alicyclic amines) is 1. The monoisotopic (exact) mass is 253 g/mol. The summed E-state index contributed by atoms with van der Waals surface area (Å²) in [6.45, 7) is 2.06. The molecule has 1 saturated heterocycles. The molecule has 1 aliphatic heterocycles. The first-order valence-electron chi connectivity index (χ1n) is 6.12. The Morgan fingerprint density at radius 2 is 2.28 bits per heavy atom. The number of piperidine rings is 1. The van der Waals surface area contributed by atoms with E-state index in [1.165, 1.54) is 4.68 Å². The van der Waals surface area contributed by atoms with Gasteiger partial charge < -0.3 is 15.4 Å². The Bertz CT molecular complexity index is 398. The van der Waals surface area contributed by atoms with E-state index in [4.69, 9.17) is 10.5 Å². The Balaban J connectivity index is 1.85. The number of nitrogens with two attached hydrogens (primary N) is 1. The number of carbonyl (C=O) groups excluding carboxylic acids is 1. The molecular formula is C11H19N5O2. The minimum absolute atomic E-state index is 0.0676. The molecule has 0 atom stereocenters. The number of amides is 1.